The fourth-order valence-electron chi connectivity index (χ4n) is 3.61. The molecule has 0 bridgehead atoms. The maximum absolute atomic E-state index is 6.29. The summed E-state index contributed by atoms with van der Waals surface area (Å²) in [6.07, 6.45) is 0. The zero-order valence-corrected chi connectivity index (χ0v) is 15.1. The van der Waals surface area contributed by atoms with Gasteiger partial charge in [0.2, 0.25) is 0 Å². The van der Waals surface area contributed by atoms with Crippen LogP contribution in [0.2, 0.25) is 0 Å². The van der Waals surface area contributed by atoms with Crippen LogP contribution in [-0.4, -0.2) is 0 Å². The molecule has 0 aliphatic carbocycles. The van der Waals surface area contributed by atoms with Gasteiger partial charge in [-0.3, -0.25) is 0 Å². The summed E-state index contributed by atoms with van der Waals surface area (Å²) in [6.45, 7) is 2.11. The zero-order chi connectivity index (χ0) is 18.2. The van der Waals surface area contributed by atoms with E-state index in [0.717, 1.165) is 39.0 Å². The minimum absolute atomic E-state index is 0.906. The number of rotatable bonds is 3. The lowest BCUT2D eigenvalue weighted by atomic mass is 10.1. The Balaban J connectivity index is 1.80. The highest BCUT2D eigenvalue weighted by Gasteiger charge is 2.18. The van der Waals surface area contributed by atoms with E-state index < -0.39 is 0 Å². The van der Waals surface area contributed by atoms with Gasteiger partial charge in [-0.05, 0) is 43.3 Å². The molecule has 0 saturated carbocycles. The molecule has 27 heavy (non-hydrogen) atoms. The molecular formula is C25H19NO. The summed E-state index contributed by atoms with van der Waals surface area (Å²) >= 11 is 0. The predicted molar refractivity (Wildman–Crippen MR) is 113 cm³/mol. The Morgan fingerprint density at radius 1 is 0.593 bits per heavy atom. The molecular weight excluding hydrogens is 330 g/mol. The summed E-state index contributed by atoms with van der Waals surface area (Å²) in [5.41, 5.74) is 6.32. The van der Waals surface area contributed by atoms with Gasteiger partial charge in [0.05, 0.1) is 5.69 Å². The van der Waals surface area contributed by atoms with E-state index in [-0.39, 0.29) is 0 Å². The van der Waals surface area contributed by atoms with Crippen LogP contribution in [0, 0.1) is 6.92 Å². The van der Waals surface area contributed by atoms with Crippen LogP contribution in [0.15, 0.2) is 101 Å². The molecule has 0 atom stereocenters. The third-order valence-corrected chi connectivity index (χ3v) is 4.93. The van der Waals surface area contributed by atoms with E-state index in [1.165, 1.54) is 5.56 Å². The maximum Gasteiger partial charge on any atom is 0.159 e. The molecule has 0 N–H and O–H groups in total. The zero-order valence-electron chi connectivity index (χ0n) is 15.1. The van der Waals surface area contributed by atoms with E-state index in [4.69, 9.17) is 4.42 Å². The van der Waals surface area contributed by atoms with Crippen LogP contribution in [0.1, 0.15) is 5.56 Å². The standard InChI is InChI=1S/C25H19NO/c1-18-14-16-20(17-15-18)26(19-8-3-2-4-9-19)23-12-7-11-22-21-10-5-6-13-24(21)27-25(22)23/h2-17H,1H3. The number of benzene rings is 4. The van der Waals surface area contributed by atoms with Gasteiger partial charge in [0.15, 0.2) is 5.58 Å². The average molecular weight is 349 g/mol. The molecule has 2 nitrogen and oxygen atoms in total. The fraction of sp³-hybridized carbons (Fsp3) is 0.0400. The lowest BCUT2D eigenvalue weighted by Gasteiger charge is -2.25. The van der Waals surface area contributed by atoms with Crippen molar-refractivity contribution in [2.45, 2.75) is 6.92 Å². The lowest BCUT2D eigenvalue weighted by molar-refractivity contribution is 0.669. The van der Waals surface area contributed by atoms with Crippen molar-refractivity contribution >= 4 is 39.0 Å². The largest absolute Gasteiger partial charge is 0.454 e. The molecule has 1 heterocycles. The number of anilines is 3. The Bertz CT molecular complexity index is 1220. The SMILES string of the molecule is Cc1ccc(N(c2ccccc2)c2cccc3c2oc2ccccc23)cc1. The number of fused-ring (bicyclic) bond motifs is 3. The molecule has 2 heteroatoms. The summed E-state index contributed by atoms with van der Waals surface area (Å²) < 4.78 is 6.29. The predicted octanol–water partition coefficient (Wildman–Crippen LogP) is 7.36. The molecule has 4 aromatic carbocycles. The lowest BCUT2D eigenvalue weighted by Crippen LogP contribution is -2.10. The van der Waals surface area contributed by atoms with E-state index in [1.807, 2.05) is 18.2 Å². The van der Waals surface area contributed by atoms with Crippen LogP contribution in [0.4, 0.5) is 17.1 Å². The summed E-state index contributed by atoms with van der Waals surface area (Å²) in [6, 6.07) is 33.6. The van der Waals surface area contributed by atoms with Crippen molar-refractivity contribution in [1.29, 1.82) is 0 Å². The third-order valence-electron chi connectivity index (χ3n) is 4.93. The van der Waals surface area contributed by atoms with Crippen LogP contribution in [0.25, 0.3) is 21.9 Å². The Labute approximate surface area is 158 Å². The summed E-state index contributed by atoms with van der Waals surface area (Å²) in [4.78, 5) is 2.25. The Hall–Kier alpha value is -3.52. The normalized spacial score (nSPS) is 11.1. The molecule has 5 aromatic rings. The maximum atomic E-state index is 6.29. The Morgan fingerprint density at radius 2 is 1.26 bits per heavy atom. The minimum Gasteiger partial charge on any atom is -0.454 e. The minimum atomic E-state index is 0.906. The van der Waals surface area contributed by atoms with Crippen molar-refractivity contribution in [2.75, 3.05) is 4.90 Å². The second-order valence-corrected chi connectivity index (χ2v) is 6.76. The smallest absolute Gasteiger partial charge is 0.159 e. The van der Waals surface area contributed by atoms with Gasteiger partial charge in [-0.2, -0.15) is 0 Å². The second kappa shape index (κ2) is 6.33. The Kier molecular flexibility index (Phi) is 3.68. The monoisotopic (exact) mass is 349 g/mol. The number of nitrogens with zero attached hydrogens (tertiary/aromatic N) is 1. The first-order valence-electron chi connectivity index (χ1n) is 9.13. The number of furan rings is 1. The fourth-order valence-corrected chi connectivity index (χ4v) is 3.61. The first-order valence-corrected chi connectivity index (χ1v) is 9.13. The van der Waals surface area contributed by atoms with E-state index >= 15 is 0 Å². The van der Waals surface area contributed by atoms with Crippen molar-refractivity contribution in [3.8, 4) is 0 Å². The van der Waals surface area contributed by atoms with Crippen LogP contribution >= 0.6 is 0 Å². The van der Waals surface area contributed by atoms with E-state index in [1.54, 1.807) is 0 Å². The number of hydrogen-bond acceptors (Lipinski definition) is 2. The number of aryl methyl sites for hydroxylation is 1. The molecule has 0 saturated heterocycles. The average Bonchev–Trinajstić information content (AvgIpc) is 3.10. The topological polar surface area (TPSA) is 16.4 Å². The first kappa shape index (κ1) is 15.7. The highest BCUT2D eigenvalue weighted by atomic mass is 16.3. The van der Waals surface area contributed by atoms with Crippen molar-refractivity contribution in [2.24, 2.45) is 0 Å². The molecule has 5 rings (SSSR count). The molecule has 0 fully saturated rings. The van der Waals surface area contributed by atoms with E-state index in [9.17, 15) is 0 Å². The van der Waals surface area contributed by atoms with E-state index in [0.29, 0.717) is 0 Å². The quantitative estimate of drug-likeness (QED) is 0.338. The molecule has 130 valence electrons. The summed E-state index contributed by atoms with van der Waals surface area (Å²) in [5.74, 6) is 0. The summed E-state index contributed by atoms with van der Waals surface area (Å²) in [5, 5.41) is 2.28. The Morgan fingerprint density at radius 3 is 2.07 bits per heavy atom. The molecule has 1 aromatic heterocycles. The van der Waals surface area contributed by atoms with Gasteiger partial charge in [-0.1, -0.05) is 66.2 Å². The van der Waals surface area contributed by atoms with Gasteiger partial charge >= 0.3 is 0 Å². The van der Waals surface area contributed by atoms with Gasteiger partial charge in [-0.15, -0.1) is 0 Å². The van der Waals surface area contributed by atoms with Gasteiger partial charge in [0.25, 0.3) is 0 Å². The second-order valence-electron chi connectivity index (χ2n) is 6.76. The molecule has 0 unspecified atom stereocenters. The van der Waals surface area contributed by atoms with Gasteiger partial charge in [0, 0.05) is 22.1 Å². The molecule has 0 aliphatic rings. The highest BCUT2D eigenvalue weighted by molar-refractivity contribution is 6.10. The summed E-state index contributed by atoms with van der Waals surface area (Å²) in [7, 11) is 0. The van der Waals surface area contributed by atoms with Gasteiger partial charge < -0.3 is 9.32 Å². The van der Waals surface area contributed by atoms with Crippen LogP contribution in [0.5, 0.6) is 0 Å². The first-order chi connectivity index (χ1) is 13.3. The van der Waals surface area contributed by atoms with Crippen molar-refractivity contribution in [3.05, 3.63) is 103 Å². The van der Waals surface area contributed by atoms with Gasteiger partial charge in [0.1, 0.15) is 5.58 Å². The van der Waals surface area contributed by atoms with Crippen LogP contribution < -0.4 is 4.90 Å². The molecule has 0 radical (unpaired) electrons. The van der Waals surface area contributed by atoms with Crippen molar-refractivity contribution < 1.29 is 4.42 Å². The van der Waals surface area contributed by atoms with Crippen molar-refractivity contribution in [3.63, 3.8) is 0 Å². The van der Waals surface area contributed by atoms with Gasteiger partial charge in [-0.25, -0.2) is 0 Å². The van der Waals surface area contributed by atoms with E-state index in [2.05, 4.69) is 90.7 Å². The van der Waals surface area contributed by atoms with Crippen LogP contribution in [-0.2, 0) is 0 Å². The number of para-hydroxylation sites is 3. The molecule has 0 spiro atoms. The van der Waals surface area contributed by atoms with Crippen LogP contribution in [0.3, 0.4) is 0 Å². The third kappa shape index (κ3) is 2.67. The number of hydrogen-bond donors (Lipinski definition) is 0. The molecule has 0 aliphatic heterocycles. The van der Waals surface area contributed by atoms with Crippen molar-refractivity contribution in [1.82, 2.24) is 0 Å². The molecule has 0 amide bonds. The highest BCUT2D eigenvalue weighted by Crippen LogP contribution is 2.41.